The van der Waals surface area contributed by atoms with Crippen LogP contribution in [0.4, 0.5) is 17.1 Å². The van der Waals surface area contributed by atoms with Gasteiger partial charge >= 0.3 is 0 Å². The van der Waals surface area contributed by atoms with Gasteiger partial charge in [-0.25, -0.2) is 4.98 Å². The number of oxazole rings is 1. The van der Waals surface area contributed by atoms with Gasteiger partial charge in [-0.2, -0.15) is 0 Å². The van der Waals surface area contributed by atoms with Crippen molar-refractivity contribution in [2.24, 2.45) is 0 Å². The summed E-state index contributed by atoms with van der Waals surface area (Å²) in [6.45, 7) is 0. The molecule has 10 aromatic rings. The molecule has 0 saturated heterocycles. The maximum Gasteiger partial charge on any atom is 0.227 e. The first-order valence-electron chi connectivity index (χ1n) is 19.0. The van der Waals surface area contributed by atoms with Crippen LogP contribution < -0.4 is 4.90 Å². The molecule has 3 nitrogen and oxygen atoms in total. The maximum atomic E-state index is 6.39. The summed E-state index contributed by atoms with van der Waals surface area (Å²) in [5, 5.41) is 2.15. The van der Waals surface area contributed by atoms with Gasteiger partial charge < -0.3 is 9.32 Å². The first-order chi connectivity index (χ1) is 27.8. The summed E-state index contributed by atoms with van der Waals surface area (Å²) >= 11 is 0. The Morgan fingerprint density at radius 3 is 1.66 bits per heavy atom. The van der Waals surface area contributed by atoms with E-state index < -0.39 is 0 Å². The van der Waals surface area contributed by atoms with Crippen LogP contribution in [0.2, 0.25) is 0 Å². The van der Waals surface area contributed by atoms with Gasteiger partial charge in [-0.15, -0.1) is 0 Å². The van der Waals surface area contributed by atoms with E-state index in [2.05, 4.69) is 193 Å². The Hall–Kier alpha value is -7.49. The molecule has 0 atom stereocenters. The number of nitrogens with zero attached hydrogens (tertiary/aromatic N) is 2. The molecular formula is C53H36N2O. The molecule has 0 aliphatic carbocycles. The van der Waals surface area contributed by atoms with Gasteiger partial charge in [-0.3, -0.25) is 0 Å². The molecule has 0 fully saturated rings. The molecule has 0 unspecified atom stereocenters. The van der Waals surface area contributed by atoms with E-state index in [1.807, 2.05) is 30.3 Å². The van der Waals surface area contributed by atoms with Crippen molar-refractivity contribution in [2.45, 2.75) is 0 Å². The van der Waals surface area contributed by atoms with E-state index in [1.165, 1.54) is 11.1 Å². The van der Waals surface area contributed by atoms with Gasteiger partial charge in [0.1, 0.15) is 5.52 Å². The van der Waals surface area contributed by atoms with Crippen LogP contribution in [0, 0.1) is 0 Å². The minimum Gasteiger partial charge on any atom is -0.435 e. The lowest BCUT2D eigenvalue weighted by atomic mass is 9.91. The standard InChI is InChI=1S/C53H36N2O/c1-5-17-37(18-6-1)40-31-34-51(48(36-40)38-19-7-2-8-20-38)55(43-23-11-4-12-24-43)50-28-16-15-27-47(50)46-26-14-13-25-44(46)41-29-32-45-42(35-41)30-33-49-52(45)56-53(54-49)39-21-9-3-10-22-39/h1-36H. The quantitative estimate of drug-likeness (QED) is 0.157. The van der Waals surface area contributed by atoms with Crippen molar-refractivity contribution in [2.75, 3.05) is 4.90 Å². The van der Waals surface area contributed by atoms with Crippen molar-refractivity contribution in [1.29, 1.82) is 0 Å². The Kier molecular flexibility index (Phi) is 8.51. The molecule has 0 N–H and O–H groups in total. The molecule has 56 heavy (non-hydrogen) atoms. The Labute approximate surface area is 326 Å². The number of anilines is 3. The SMILES string of the molecule is c1ccc(-c2ccc(N(c3ccccc3)c3ccccc3-c3ccccc3-c3ccc4c(ccc5nc(-c6ccccc6)oc54)c3)c(-c3ccccc3)c2)cc1. The zero-order valence-corrected chi connectivity index (χ0v) is 30.6. The summed E-state index contributed by atoms with van der Waals surface area (Å²) in [5.41, 5.74) is 15.1. The highest BCUT2D eigenvalue weighted by Crippen LogP contribution is 2.47. The van der Waals surface area contributed by atoms with Gasteiger partial charge in [-0.1, -0.05) is 158 Å². The molecule has 1 heterocycles. The smallest absolute Gasteiger partial charge is 0.227 e. The summed E-state index contributed by atoms with van der Waals surface area (Å²) in [5.74, 6) is 0.632. The highest BCUT2D eigenvalue weighted by atomic mass is 16.3. The molecule has 264 valence electrons. The van der Waals surface area contributed by atoms with Gasteiger partial charge in [0.25, 0.3) is 0 Å². The molecule has 1 aromatic heterocycles. The molecule has 9 aromatic carbocycles. The first kappa shape index (κ1) is 33.1. The fourth-order valence-corrected chi connectivity index (χ4v) is 7.83. The molecule has 0 spiro atoms. The Morgan fingerprint density at radius 2 is 0.929 bits per heavy atom. The van der Waals surface area contributed by atoms with Crippen molar-refractivity contribution < 1.29 is 4.42 Å². The van der Waals surface area contributed by atoms with Crippen LogP contribution in [-0.2, 0) is 0 Å². The molecule has 0 saturated carbocycles. The van der Waals surface area contributed by atoms with E-state index in [9.17, 15) is 0 Å². The number of hydrogen-bond donors (Lipinski definition) is 0. The van der Waals surface area contributed by atoms with Crippen LogP contribution in [0.5, 0.6) is 0 Å². The summed E-state index contributed by atoms with van der Waals surface area (Å²) in [6.07, 6.45) is 0. The summed E-state index contributed by atoms with van der Waals surface area (Å²) in [7, 11) is 0. The Bertz CT molecular complexity index is 2960. The second-order valence-corrected chi connectivity index (χ2v) is 13.9. The lowest BCUT2D eigenvalue weighted by Gasteiger charge is -2.30. The number of rotatable bonds is 8. The zero-order valence-electron chi connectivity index (χ0n) is 30.6. The van der Waals surface area contributed by atoms with E-state index in [1.54, 1.807) is 0 Å². The van der Waals surface area contributed by atoms with Crippen molar-refractivity contribution in [3.8, 4) is 56.0 Å². The molecule has 10 rings (SSSR count). The van der Waals surface area contributed by atoms with Crippen molar-refractivity contribution >= 4 is 38.9 Å². The average molecular weight is 717 g/mol. The summed E-state index contributed by atoms with van der Waals surface area (Å²) < 4.78 is 6.39. The zero-order chi connectivity index (χ0) is 37.3. The molecule has 0 aliphatic heterocycles. The summed E-state index contributed by atoms with van der Waals surface area (Å²) in [6, 6.07) is 77.3. The van der Waals surface area contributed by atoms with E-state index in [4.69, 9.17) is 9.40 Å². The third-order valence-corrected chi connectivity index (χ3v) is 10.5. The van der Waals surface area contributed by atoms with Crippen molar-refractivity contribution in [3.63, 3.8) is 0 Å². The highest BCUT2D eigenvalue weighted by Gasteiger charge is 2.22. The van der Waals surface area contributed by atoms with Crippen LogP contribution in [0.1, 0.15) is 0 Å². The topological polar surface area (TPSA) is 29.3 Å². The number of hydrogen-bond acceptors (Lipinski definition) is 3. The molecule has 0 aliphatic rings. The van der Waals surface area contributed by atoms with Gasteiger partial charge in [-0.05, 0) is 99.4 Å². The van der Waals surface area contributed by atoms with Crippen molar-refractivity contribution in [3.05, 3.63) is 218 Å². The highest BCUT2D eigenvalue weighted by molar-refractivity contribution is 6.06. The monoisotopic (exact) mass is 716 g/mol. The third kappa shape index (κ3) is 6.12. The van der Waals surface area contributed by atoms with Crippen LogP contribution >= 0.6 is 0 Å². The fraction of sp³-hybridized carbons (Fsp3) is 0. The lowest BCUT2D eigenvalue weighted by Crippen LogP contribution is -2.12. The van der Waals surface area contributed by atoms with E-state index in [0.29, 0.717) is 5.89 Å². The van der Waals surface area contributed by atoms with E-state index >= 15 is 0 Å². The van der Waals surface area contributed by atoms with Crippen LogP contribution in [-0.4, -0.2) is 4.98 Å². The number of para-hydroxylation sites is 2. The minimum atomic E-state index is 0.632. The Balaban J connectivity index is 1.13. The molecule has 0 radical (unpaired) electrons. The van der Waals surface area contributed by atoms with Crippen LogP contribution in [0.15, 0.2) is 223 Å². The van der Waals surface area contributed by atoms with Gasteiger partial charge in [0.05, 0.1) is 11.4 Å². The second-order valence-electron chi connectivity index (χ2n) is 13.9. The lowest BCUT2D eigenvalue weighted by molar-refractivity contribution is 0.623. The number of aromatic nitrogens is 1. The molecule has 0 bridgehead atoms. The van der Waals surface area contributed by atoms with Gasteiger partial charge in [0, 0.05) is 27.8 Å². The number of fused-ring (bicyclic) bond motifs is 3. The average Bonchev–Trinajstić information content (AvgIpc) is 3.73. The van der Waals surface area contributed by atoms with E-state index in [0.717, 1.165) is 77.9 Å². The summed E-state index contributed by atoms with van der Waals surface area (Å²) in [4.78, 5) is 7.23. The fourth-order valence-electron chi connectivity index (χ4n) is 7.83. The Morgan fingerprint density at radius 1 is 0.357 bits per heavy atom. The number of benzene rings is 9. The largest absolute Gasteiger partial charge is 0.435 e. The normalized spacial score (nSPS) is 11.2. The molecular weight excluding hydrogens is 681 g/mol. The minimum absolute atomic E-state index is 0.632. The van der Waals surface area contributed by atoms with Crippen molar-refractivity contribution in [1.82, 2.24) is 4.98 Å². The van der Waals surface area contributed by atoms with Crippen LogP contribution in [0.25, 0.3) is 77.8 Å². The van der Waals surface area contributed by atoms with Gasteiger partial charge in [0.2, 0.25) is 5.89 Å². The predicted molar refractivity (Wildman–Crippen MR) is 233 cm³/mol. The van der Waals surface area contributed by atoms with Crippen LogP contribution in [0.3, 0.4) is 0 Å². The van der Waals surface area contributed by atoms with Gasteiger partial charge in [0.15, 0.2) is 5.58 Å². The molecule has 0 amide bonds. The predicted octanol–water partition coefficient (Wildman–Crippen LogP) is 14.8. The molecule has 3 heteroatoms. The second kappa shape index (κ2) is 14.4. The third-order valence-electron chi connectivity index (χ3n) is 10.5. The maximum absolute atomic E-state index is 6.39. The first-order valence-corrected chi connectivity index (χ1v) is 19.0. The van der Waals surface area contributed by atoms with E-state index in [-0.39, 0.29) is 0 Å².